The van der Waals surface area contributed by atoms with E-state index in [0.29, 0.717) is 16.6 Å². The topological polar surface area (TPSA) is 83.7 Å². The van der Waals surface area contributed by atoms with Gasteiger partial charge in [0.05, 0.1) is 17.7 Å². The van der Waals surface area contributed by atoms with Crippen molar-refractivity contribution in [2.75, 3.05) is 5.32 Å². The fourth-order valence-corrected chi connectivity index (χ4v) is 3.58. The van der Waals surface area contributed by atoms with Crippen LogP contribution in [0, 0.1) is 5.82 Å². The molecule has 3 aromatic carbocycles. The molecule has 1 atom stereocenters. The van der Waals surface area contributed by atoms with E-state index in [2.05, 4.69) is 15.6 Å². The van der Waals surface area contributed by atoms with Gasteiger partial charge in [-0.1, -0.05) is 54.6 Å². The monoisotopic (exact) mass is 413 g/mol. The highest BCUT2D eigenvalue weighted by Crippen LogP contribution is 2.25. The Morgan fingerprint density at radius 3 is 2.52 bits per heavy atom. The summed E-state index contributed by atoms with van der Waals surface area (Å²) in [5.74, 6) is -1.53. The first-order valence-electron chi connectivity index (χ1n) is 9.62. The summed E-state index contributed by atoms with van der Waals surface area (Å²) in [5.41, 5.74) is 1.53. The van der Waals surface area contributed by atoms with Crippen LogP contribution in [0.2, 0.25) is 0 Å². The van der Waals surface area contributed by atoms with E-state index in [-0.39, 0.29) is 17.0 Å². The fraction of sp³-hybridized carbons (Fsp3) is 0.0417. The molecule has 0 saturated heterocycles. The molecule has 0 fully saturated rings. The number of hydrogen-bond donors (Lipinski definition) is 2. The first kappa shape index (κ1) is 18.7. The molecule has 31 heavy (non-hydrogen) atoms. The Morgan fingerprint density at radius 1 is 0.968 bits per heavy atom. The normalized spacial score (nSPS) is 15.6. The first-order chi connectivity index (χ1) is 15.1. The van der Waals surface area contributed by atoms with Crippen LogP contribution in [-0.2, 0) is 4.79 Å². The van der Waals surface area contributed by atoms with Gasteiger partial charge in [-0.3, -0.25) is 9.59 Å². The van der Waals surface area contributed by atoms with Crippen LogP contribution in [0.4, 0.5) is 10.1 Å². The summed E-state index contributed by atoms with van der Waals surface area (Å²) >= 11 is 0. The zero-order chi connectivity index (χ0) is 21.4. The summed E-state index contributed by atoms with van der Waals surface area (Å²) in [5, 5.41) is 6.75. The molecule has 2 heterocycles. The number of hydrogen-bond acceptors (Lipinski definition) is 4. The number of carbonyl (C=O) groups is 2. The smallest absolute Gasteiger partial charge is 0.289 e. The van der Waals surface area contributed by atoms with Gasteiger partial charge in [-0.2, -0.15) is 0 Å². The summed E-state index contributed by atoms with van der Waals surface area (Å²) in [6, 6.07) is 20.3. The number of nitrogens with one attached hydrogen (secondary N) is 2. The minimum Gasteiger partial charge on any atom is -0.458 e. The van der Waals surface area contributed by atoms with Crippen molar-refractivity contribution in [3.63, 3.8) is 0 Å². The molecular formula is C24H16FN3O3. The van der Waals surface area contributed by atoms with E-state index >= 15 is 0 Å². The van der Waals surface area contributed by atoms with Crippen LogP contribution in [-0.4, -0.2) is 23.7 Å². The molecule has 1 aliphatic rings. The number of carbonyl (C=O) groups excluding carboxylic acids is 2. The lowest BCUT2D eigenvalue weighted by Crippen LogP contribution is -2.42. The van der Waals surface area contributed by atoms with Gasteiger partial charge in [0.25, 0.3) is 11.8 Å². The van der Waals surface area contributed by atoms with Crippen molar-refractivity contribution in [1.29, 1.82) is 0 Å². The van der Waals surface area contributed by atoms with Gasteiger partial charge >= 0.3 is 0 Å². The molecule has 0 spiro atoms. The molecular weight excluding hydrogens is 397 g/mol. The summed E-state index contributed by atoms with van der Waals surface area (Å²) in [7, 11) is 0. The van der Waals surface area contributed by atoms with Crippen LogP contribution in [0.15, 0.2) is 88.5 Å². The number of rotatable bonds is 3. The lowest BCUT2D eigenvalue weighted by molar-refractivity contribution is -0.117. The standard InChI is InChI=1S/C24H16FN3O3/c25-18-11-5-3-9-16(18)20-17-10-4-6-12-19(17)26-24(30)22(27-20)28-23(29)21-15-8-2-1-7-14(15)13-31-21/h1-13,22H,(H,26,30)(H,28,29)/t22-/m1/s1. The average molecular weight is 413 g/mol. The number of halogens is 1. The summed E-state index contributed by atoms with van der Waals surface area (Å²) in [6.07, 6.45) is 0.194. The molecule has 2 amide bonds. The Morgan fingerprint density at radius 2 is 1.68 bits per heavy atom. The second-order valence-electron chi connectivity index (χ2n) is 7.02. The van der Waals surface area contributed by atoms with Gasteiger partial charge in [0.2, 0.25) is 6.17 Å². The number of para-hydroxylation sites is 1. The van der Waals surface area contributed by atoms with Crippen LogP contribution in [0.5, 0.6) is 0 Å². The largest absolute Gasteiger partial charge is 0.458 e. The maximum Gasteiger partial charge on any atom is 0.289 e. The van der Waals surface area contributed by atoms with Gasteiger partial charge in [0, 0.05) is 21.9 Å². The maximum atomic E-state index is 14.6. The van der Waals surface area contributed by atoms with E-state index < -0.39 is 23.8 Å². The van der Waals surface area contributed by atoms with Crippen molar-refractivity contribution in [3.05, 3.63) is 102 Å². The Labute approximate surface area is 176 Å². The number of fused-ring (bicyclic) bond motifs is 2. The van der Waals surface area contributed by atoms with Crippen molar-refractivity contribution in [2.45, 2.75) is 6.17 Å². The Hall–Kier alpha value is -4.26. The van der Waals surface area contributed by atoms with Crippen molar-refractivity contribution in [2.24, 2.45) is 4.99 Å². The van der Waals surface area contributed by atoms with E-state index in [4.69, 9.17) is 4.42 Å². The highest BCUT2D eigenvalue weighted by atomic mass is 19.1. The first-order valence-corrected chi connectivity index (χ1v) is 9.62. The number of furan rings is 1. The Kier molecular flexibility index (Phi) is 4.55. The summed E-state index contributed by atoms with van der Waals surface area (Å²) in [6.45, 7) is 0. The van der Waals surface area contributed by atoms with E-state index in [1.54, 1.807) is 54.6 Å². The number of anilines is 1. The van der Waals surface area contributed by atoms with E-state index in [1.165, 1.54) is 12.3 Å². The zero-order valence-electron chi connectivity index (χ0n) is 16.1. The molecule has 1 aromatic heterocycles. The van der Waals surface area contributed by atoms with Gasteiger partial charge < -0.3 is 15.1 Å². The predicted octanol–water partition coefficient (Wildman–Crippen LogP) is 4.12. The quantitative estimate of drug-likeness (QED) is 0.530. The van der Waals surface area contributed by atoms with Crippen LogP contribution < -0.4 is 10.6 Å². The highest BCUT2D eigenvalue weighted by molar-refractivity contribution is 6.20. The van der Waals surface area contributed by atoms with Gasteiger partial charge in [0.1, 0.15) is 5.82 Å². The van der Waals surface area contributed by atoms with E-state index in [9.17, 15) is 14.0 Å². The second-order valence-corrected chi connectivity index (χ2v) is 7.02. The van der Waals surface area contributed by atoms with E-state index in [1.807, 2.05) is 12.1 Å². The van der Waals surface area contributed by atoms with Crippen molar-refractivity contribution in [3.8, 4) is 0 Å². The third-order valence-corrected chi connectivity index (χ3v) is 5.06. The van der Waals surface area contributed by atoms with Crippen molar-refractivity contribution in [1.82, 2.24) is 5.32 Å². The molecule has 0 aliphatic carbocycles. The van der Waals surface area contributed by atoms with Crippen molar-refractivity contribution < 1.29 is 18.4 Å². The van der Waals surface area contributed by atoms with E-state index in [0.717, 1.165) is 5.39 Å². The predicted molar refractivity (Wildman–Crippen MR) is 115 cm³/mol. The molecule has 0 radical (unpaired) electrons. The molecule has 7 heteroatoms. The second kappa shape index (κ2) is 7.53. The molecule has 5 rings (SSSR count). The van der Waals surface area contributed by atoms with Crippen LogP contribution in [0.3, 0.4) is 0 Å². The fourth-order valence-electron chi connectivity index (χ4n) is 3.58. The van der Waals surface area contributed by atoms with Crippen LogP contribution in [0.1, 0.15) is 21.7 Å². The van der Waals surface area contributed by atoms with Gasteiger partial charge in [-0.25, -0.2) is 9.38 Å². The third-order valence-electron chi connectivity index (χ3n) is 5.06. The maximum absolute atomic E-state index is 14.6. The van der Waals surface area contributed by atoms with Crippen LogP contribution in [0.25, 0.3) is 10.8 Å². The number of aliphatic imine (C=N–C) groups is 1. The molecule has 4 aromatic rings. The van der Waals surface area contributed by atoms with Crippen molar-refractivity contribution >= 4 is 34.0 Å². The molecule has 2 N–H and O–H groups in total. The number of benzodiazepines with no additional fused rings is 1. The Bertz CT molecular complexity index is 1360. The minimum atomic E-state index is -1.28. The lowest BCUT2D eigenvalue weighted by Gasteiger charge is -2.12. The number of amides is 2. The van der Waals surface area contributed by atoms with Crippen LogP contribution >= 0.6 is 0 Å². The van der Waals surface area contributed by atoms with Gasteiger partial charge in [-0.05, 0) is 18.2 Å². The molecule has 6 nitrogen and oxygen atoms in total. The number of nitrogens with zero attached hydrogens (tertiary/aromatic N) is 1. The zero-order valence-corrected chi connectivity index (χ0v) is 16.1. The third kappa shape index (κ3) is 3.36. The lowest BCUT2D eigenvalue weighted by atomic mass is 10.0. The van der Waals surface area contributed by atoms with Gasteiger partial charge in [-0.15, -0.1) is 0 Å². The molecule has 1 aliphatic heterocycles. The highest BCUT2D eigenvalue weighted by Gasteiger charge is 2.29. The molecule has 0 unspecified atom stereocenters. The average Bonchev–Trinajstić information content (AvgIpc) is 3.16. The molecule has 0 saturated carbocycles. The number of benzene rings is 3. The molecule has 0 bridgehead atoms. The minimum absolute atomic E-state index is 0.0767. The molecule has 152 valence electrons. The summed E-state index contributed by atoms with van der Waals surface area (Å²) < 4.78 is 20.0. The SMILES string of the molecule is O=C(N[C@H]1N=C(c2ccccc2F)c2ccccc2NC1=O)c1occ2ccccc12. The Balaban J connectivity index is 1.57. The summed E-state index contributed by atoms with van der Waals surface area (Å²) in [4.78, 5) is 30.2. The van der Waals surface area contributed by atoms with Gasteiger partial charge in [0.15, 0.2) is 5.76 Å².